The van der Waals surface area contributed by atoms with Crippen molar-refractivity contribution in [3.05, 3.63) is 74.2 Å². The zero-order valence-corrected chi connectivity index (χ0v) is 20.9. The van der Waals surface area contributed by atoms with Crippen LogP contribution in [0.25, 0.3) is 10.2 Å². The maximum Gasteiger partial charge on any atom is 0.416 e. The summed E-state index contributed by atoms with van der Waals surface area (Å²) in [5, 5.41) is 0.215. The molecular formula is C20H9Cl4F3N2O3S2. The molecule has 14 heteroatoms. The molecule has 0 radical (unpaired) electrons. The van der Waals surface area contributed by atoms with Crippen molar-refractivity contribution in [1.29, 1.82) is 0 Å². The molecule has 34 heavy (non-hydrogen) atoms. The Hall–Kier alpha value is -1.95. The first-order chi connectivity index (χ1) is 15.8. The molecule has 0 spiro atoms. The first-order valence-electron chi connectivity index (χ1n) is 8.95. The first-order valence-corrected chi connectivity index (χ1v) is 12.8. The molecule has 0 bridgehead atoms. The van der Waals surface area contributed by atoms with E-state index >= 15 is 0 Å². The highest BCUT2D eigenvalue weighted by atomic mass is 35.5. The lowest BCUT2D eigenvalue weighted by molar-refractivity contribution is -0.137. The number of sulfonamides is 1. The van der Waals surface area contributed by atoms with Gasteiger partial charge in [-0.05, 0) is 48.5 Å². The van der Waals surface area contributed by atoms with E-state index in [0.29, 0.717) is 22.7 Å². The fourth-order valence-corrected chi connectivity index (χ4v) is 5.89. The van der Waals surface area contributed by atoms with Crippen molar-refractivity contribution in [3.63, 3.8) is 0 Å². The lowest BCUT2D eigenvalue weighted by Gasteiger charge is -2.14. The Bertz CT molecular complexity index is 1500. The van der Waals surface area contributed by atoms with Crippen molar-refractivity contribution >= 4 is 83.7 Å². The molecule has 0 atom stereocenters. The molecule has 178 valence electrons. The topological polar surface area (TPSA) is 68.3 Å². The molecule has 0 aliphatic rings. The summed E-state index contributed by atoms with van der Waals surface area (Å²) in [5.74, 6) is 0.0125. The van der Waals surface area contributed by atoms with Crippen molar-refractivity contribution in [2.24, 2.45) is 0 Å². The van der Waals surface area contributed by atoms with E-state index in [4.69, 9.17) is 51.1 Å². The number of aromatic nitrogens is 1. The van der Waals surface area contributed by atoms with Crippen LogP contribution in [-0.2, 0) is 16.2 Å². The molecule has 4 rings (SSSR count). The number of alkyl halides is 3. The number of anilines is 1. The summed E-state index contributed by atoms with van der Waals surface area (Å²) >= 11 is 25.3. The largest absolute Gasteiger partial charge is 0.428 e. The first kappa shape index (κ1) is 25.2. The van der Waals surface area contributed by atoms with Crippen molar-refractivity contribution in [2.45, 2.75) is 11.1 Å². The van der Waals surface area contributed by atoms with E-state index in [1.807, 2.05) is 0 Å². The molecule has 0 saturated carbocycles. The van der Waals surface area contributed by atoms with Gasteiger partial charge in [0.25, 0.3) is 15.2 Å². The molecule has 3 aromatic carbocycles. The molecule has 0 unspecified atom stereocenters. The van der Waals surface area contributed by atoms with Crippen LogP contribution < -0.4 is 9.46 Å². The number of hydrogen-bond donors (Lipinski definition) is 1. The highest BCUT2D eigenvalue weighted by Gasteiger charge is 2.32. The number of thiazole rings is 1. The normalized spacial score (nSPS) is 12.2. The Morgan fingerprint density at radius 2 is 1.59 bits per heavy atom. The second-order valence-electron chi connectivity index (χ2n) is 6.74. The number of nitrogens with one attached hydrogen (secondary N) is 1. The zero-order chi connectivity index (χ0) is 24.8. The summed E-state index contributed by atoms with van der Waals surface area (Å²) in [5.41, 5.74) is -0.676. The smallest absolute Gasteiger partial charge is 0.416 e. The Morgan fingerprint density at radius 1 is 0.912 bits per heavy atom. The van der Waals surface area contributed by atoms with Crippen molar-refractivity contribution in [2.75, 3.05) is 4.72 Å². The average Bonchev–Trinajstić information content (AvgIpc) is 3.11. The van der Waals surface area contributed by atoms with E-state index in [1.165, 1.54) is 23.5 Å². The lowest BCUT2D eigenvalue weighted by atomic mass is 10.2. The van der Waals surface area contributed by atoms with Gasteiger partial charge in [-0.2, -0.15) is 13.2 Å². The quantitative estimate of drug-likeness (QED) is 0.254. The monoisotopic (exact) mass is 586 g/mol. The van der Waals surface area contributed by atoms with Gasteiger partial charge < -0.3 is 4.74 Å². The van der Waals surface area contributed by atoms with Gasteiger partial charge >= 0.3 is 6.18 Å². The third-order valence-corrected chi connectivity index (χ3v) is 7.55. The summed E-state index contributed by atoms with van der Waals surface area (Å²) in [6.45, 7) is 0. The number of hydrogen-bond acceptors (Lipinski definition) is 5. The van der Waals surface area contributed by atoms with Gasteiger partial charge in [-0.25, -0.2) is 13.4 Å². The number of fused-ring (bicyclic) bond motifs is 1. The van der Waals surface area contributed by atoms with Gasteiger partial charge in [0.05, 0.1) is 36.4 Å². The van der Waals surface area contributed by atoms with E-state index in [9.17, 15) is 21.6 Å². The second kappa shape index (κ2) is 9.25. The van der Waals surface area contributed by atoms with Crippen LogP contribution in [0.5, 0.6) is 10.9 Å². The van der Waals surface area contributed by atoms with Crippen LogP contribution in [0.3, 0.4) is 0 Å². The summed E-state index contributed by atoms with van der Waals surface area (Å²) in [6, 6.07) is 9.46. The minimum Gasteiger partial charge on any atom is -0.428 e. The van der Waals surface area contributed by atoms with E-state index in [1.54, 1.807) is 18.2 Å². The Labute approximate surface area is 215 Å². The number of nitrogens with zero attached hydrogens (tertiary/aromatic N) is 1. The molecule has 0 amide bonds. The van der Waals surface area contributed by atoms with Gasteiger partial charge in [0.1, 0.15) is 0 Å². The third kappa shape index (κ3) is 5.48. The number of benzene rings is 3. The standard InChI is InChI=1S/C20H9Cl4F3N2O3S2/c21-10-1-2-16-17(6-10)33-19(28-16)32-18-14(23)7-12(8-15(18)24)29-34(30,31)13-4-9(20(25,26)27)3-11(22)5-13/h1-8,29H. The number of ether oxygens (including phenoxy) is 1. The van der Waals surface area contributed by atoms with Crippen LogP contribution in [0.1, 0.15) is 5.56 Å². The van der Waals surface area contributed by atoms with Crippen LogP contribution >= 0.6 is 57.7 Å². The van der Waals surface area contributed by atoms with Crippen molar-refractivity contribution in [3.8, 4) is 10.9 Å². The Morgan fingerprint density at radius 3 is 2.24 bits per heavy atom. The van der Waals surface area contributed by atoms with Crippen LogP contribution in [0, 0.1) is 0 Å². The van der Waals surface area contributed by atoms with Gasteiger partial charge in [0, 0.05) is 10.0 Å². The van der Waals surface area contributed by atoms with Crippen LogP contribution in [0.4, 0.5) is 18.9 Å². The fraction of sp³-hybridized carbons (Fsp3) is 0.0500. The molecular weight excluding hydrogens is 579 g/mol. The number of rotatable bonds is 5. The molecule has 5 nitrogen and oxygen atoms in total. The van der Waals surface area contributed by atoms with Crippen LogP contribution in [-0.4, -0.2) is 13.4 Å². The molecule has 1 N–H and O–H groups in total. The fourth-order valence-electron chi connectivity index (χ4n) is 2.82. The van der Waals surface area contributed by atoms with E-state index in [0.717, 1.165) is 10.8 Å². The van der Waals surface area contributed by atoms with Crippen molar-refractivity contribution < 1.29 is 26.3 Å². The minimum atomic E-state index is -4.78. The maximum absolute atomic E-state index is 13.0. The molecule has 1 heterocycles. The molecule has 1 aromatic heterocycles. The van der Waals surface area contributed by atoms with Gasteiger partial charge in [0.2, 0.25) is 0 Å². The molecule has 4 aromatic rings. The van der Waals surface area contributed by atoms with E-state index in [2.05, 4.69) is 9.71 Å². The molecule has 0 saturated heterocycles. The van der Waals surface area contributed by atoms with Crippen LogP contribution in [0.15, 0.2) is 53.4 Å². The Balaban J connectivity index is 1.62. The average molecular weight is 588 g/mol. The maximum atomic E-state index is 13.0. The minimum absolute atomic E-state index is 0.0125. The summed E-state index contributed by atoms with van der Waals surface area (Å²) in [4.78, 5) is 3.61. The highest BCUT2D eigenvalue weighted by Crippen LogP contribution is 2.42. The van der Waals surface area contributed by atoms with Gasteiger partial charge in [-0.1, -0.05) is 57.7 Å². The SMILES string of the molecule is O=S(=O)(Nc1cc(Cl)c(Oc2nc3ccc(Cl)cc3s2)c(Cl)c1)c1cc(Cl)cc(C(F)(F)F)c1. The predicted octanol–water partition coefficient (Wildman–Crippen LogP) is 8.52. The molecule has 0 aliphatic heterocycles. The van der Waals surface area contributed by atoms with Gasteiger partial charge in [-0.3, -0.25) is 4.72 Å². The van der Waals surface area contributed by atoms with Gasteiger partial charge in [0.15, 0.2) is 5.75 Å². The van der Waals surface area contributed by atoms with E-state index < -0.39 is 31.7 Å². The lowest BCUT2D eigenvalue weighted by Crippen LogP contribution is -2.15. The highest BCUT2D eigenvalue weighted by molar-refractivity contribution is 7.92. The Kier molecular flexibility index (Phi) is 6.84. The number of halogens is 7. The van der Waals surface area contributed by atoms with Crippen LogP contribution in [0.2, 0.25) is 20.1 Å². The molecule has 0 fully saturated rings. The second-order valence-corrected chi connectivity index (χ2v) is 11.1. The molecule has 0 aliphatic carbocycles. The summed E-state index contributed by atoms with van der Waals surface area (Å²) in [6.07, 6.45) is -4.78. The van der Waals surface area contributed by atoms with Crippen molar-refractivity contribution in [1.82, 2.24) is 4.98 Å². The van der Waals surface area contributed by atoms with Gasteiger partial charge in [-0.15, -0.1) is 0 Å². The summed E-state index contributed by atoms with van der Waals surface area (Å²) < 4.78 is 73.1. The van der Waals surface area contributed by atoms with E-state index in [-0.39, 0.29) is 26.7 Å². The third-order valence-electron chi connectivity index (χ3n) is 4.28. The zero-order valence-electron chi connectivity index (χ0n) is 16.3. The summed E-state index contributed by atoms with van der Waals surface area (Å²) in [7, 11) is -4.46. The predicted molar refractivity (Wildman–Crippen MR) is 128 cm³/mol.